The van der Waals surface area contributed by atoms with Gasteiger partial charge in [-0.25, -0.2) is 0 Å². The topological polar surface area (TPSA) is 115 Å². The fourth-order valence-electron chi connectivity index (χ4n) is 5.94. The minimum atomic E-state index is -4.79. The summed E-state index contributed by atoms with van der Waals surface area (Å²) in [6, 6.07) is 8.67. The van der Waals surface area contributed by atoms with Gasteiger partial charge >= 0.3 is 12.1 Å². The molecule has 0 aliphatic carbocycles. The number of benzene rings is 1. The third kappa shape index (κ3) is 7.02. The van der Waals surface area contributed by atoms with Crippen LogP contribution in [-0.2, 0) is 9.53 Å². The summed E-state index contributed by atoms with van der Waals surface area (Å²) in [5.41, 5.74) is 7.34. The number of ether oxygens (including phenoxy) is 2. The number of rotatable bonds is 8. The van der Waals surface area contributed by atoms with Crippen molar-refractivity contribution in [3.05, 3.63) is 58.9 Å². The molecule has 5 rings (SSSR count). The molecule has 2 saturated heterocycles. The molecule has 2 aliphatic rings. The molecule has 2 aliphatic heterocycles. The number of aromatic nitrogens is 3. The molecular formula is C31H36ClF3N6O3. The largest absolute Gasteiger partial charge is 0.465 e. The lowest BCUT2D eigenvalue weighted by Gasteiger charge is -2.39. The molecule has 0 saturated carbocycles. The molecule has 13 heteroatoms. The van der Waals surface area contributed by atoms with Crippen molar-refractivity contribution in [1.29, 1.82) is 0 Å². The van der Waals surface area contributed by atoms with Crippen molar-refractivity contribution in [3.63, 3.8) is 0 Å². The number of nitrogens with one attached hydrogen (secondary N) is 1. The summed E-state index contributed by atoms with van der Waals surface area (Å²) in [5, 5.41) is 3.56. The molecule has 236 valence electrons. The lowest BCUT2D eigenvalue weighted by atomic mass is 9.76. The number of piperidine rings is 1. The van der Waals surface area contributed by atoms with Crippen LogP contribution in [0, 0.1) is 5.41 Å². The first-order valence-corrected chi connectivity index (χ1v) is 15.0. The van der Waals surface area contributed by atoms with E-state index in [1.165, 1.54) is 24.3 Å². The first kappa shape index (κ1) is 31.8. The maximum absolute atomic E-state index is 14.7. The molecule has 0 unspecified atom stereocenters. The van der Waals surface area contributed by atoms with Crippen LogP contribution in [-0.4, -0.2) is 59.4 Å². The Morgan fingerprint density at radius 3 is 2.61 bits per heavy atom. The number of anilines is 2. The molecular weight excluding hydrogens is 597 g/mol. The summed E-state index contributed by atoms with van der Waals surface area (Å²) in [4.78, 5) is 26.8. The summed E-state index contributed by atoms with van der Waals surface area (Å²) in [7, 11) is 0. The lowest BCUT2D eigenvalue weighted by Crippen LogP contribution is -2.41. The number of pyridine rings is 1. The van der Waals surface area contributed by atoms with Gasteiger partial charge in [-0.15, -0.1) is 0 Å². The van der Waals surface area contributed by atoms with Crippen LogP contribution in [0.15, 0.2) is 42.6 Å². The van der Waals surface area contributed by atoms with E-state index >= 15 is 0 Å². The maximum Gasteiger partial charge on any atom is 0.429 e. The molecule has 2 aromatic heterocycles. The van der Waals surface area contributed by atoms with Crippen LogP contribution < -0.4 is 20.7 Å². The zero-order valence-electron chi connectivity index (χ0n) is 24.8. The fourth-order valence-corrected chi connectivity index (χ4v) is 6.11. The van der Waals surface area contributed by atoms with E-state index in [0.29, 0.717) is 44.0 Å². The predicted molar refractivity (Wildman–Crippen MR) is 162 cm³/mol. The molecule has 2 fully saturated rings. The second kappa shape index (κ2) is 12.8. The summed E-state index contributed by atoms with van der Waals surface area (Å²) >= 11 is 6.25. The molecule has 1 spiro atoms. The van der Waals surface area contributed by atoms with Gasteiger partial charge in [0, 0.05) is 48.2 Å². The van der Waals surface area contributed by atoms with E-state index in [9.17, 15) is 18.0 Å². The fraction of sp³-hybridized carbons (Fsp3) is 0.484. The van der Waals surface area contributed by atoms with Gasteiger partial charge < -0.3 is 25.4 Å². The first-order chi connectivity index (χ1) is 20.9. The van der Waals surface area contributed by atoms with Crippen molar-refractivity contribution < 1.29 is 27.4 Å². The van der Waals surface area contributed by atoms with Gasteiger partial charge in [-0.1, -0.05) is 31.5 Å². The molecule has 1 aromatic carbocycles. The van der Waals surface area contributed by atoms with E-state index in [4.69, 9.17) is 26.8 Å². The second-order valence-corrected chi connectivity index (χ2v) is 12.1. The number of carbonyl (C=O) groups is 1. The summed E-state index contributed by atoms with van der Waals surface area (Å²) in [5.74, 6) is -0.287. The van der Waals surface area contributed by atoms with Crippen LogP contribution in [0.2, 0.25) is 5.02 Å². The molecule has 3 N–H and O–H groups in total. The zero-order chi connectivity index (χ0) is 31.6. The van der Waals surface area contributed by atoms with E-state index in [1.807, 2.05) is 18.7 Å². The van der Waals surface area contributed by atoms with Crippen LogP contribution in [0.4, 0.5) is 24.9 Å². The Labute approximate surface area is 259 Å². The van der Waals surface area contributed by atoms with Gasteiger partial charge in [-0.3, -0.25) is 9.78 Å². The van der Waals surface area contributed by atoms with Crippen LogP contribution >= 0.6 is 11.6 Å². The number of carbonyl (C=O) groups excluding carboxylic acids is 1. The van der Waals surface area contributed by atoms with Gasteiger partial charge in [0.1, 0.15) is 11.9 Å². The van der Waals surface area contributed by atoms with Crippen LogP contribution in [0.25, 0.3) is 11.1 Å². The van der Waals surface area contributed by atoms with Gasteiger partial charge in [0.05, 0.1) is 6.61 Å². The molecule has 0 bridgehead atoms. The predicted octanol–water partition coefficient (Wildman–Crippen LogP) is 6.09. The number of hydrogen-bond acceptors (Lipinski definition) is 9. The first-order valence-electron chi connectivity index (χ1n) is 14.7. The Morgan fingerprint density at radius 2 is 1.93 bits per heavy atom. The van der Waals surface area contributed by atoms with Crippen molar-refractivity contribution in [2.45, 2.75) is 64.3 Å². The Balaban J connectivity index is 1.39. The Bertz CT molecular complexity index is 1500. The number of nitrogens with two attached hydrogens (primary N) is 1. The molecule has 2 atom stereocenters. The number of hydrogen-bond donors (Lipinski definition) is 2. The third-order valence-corrected chi connectivity index (χ3v) is 8.54. The highest BCUT2D eigenvalue weighted by atomic mass is 35.5. The van der Waals surface area contributed by atoms with E-state index in [-0.39, 0.29) is 51.3 Å². The summed E-state index contributed by atoms with van der Waals surface area (Å²) in [6.45, 7) is 7.87. The van der Waals surface area contributed by atoms with Crippen LogP contribution in [0.5, 0.6) is 5.88 Å². The Hall–Kier alpha value is -3.64. The van der Waals surface area contributed by atoms with Crippen molar-refractivity contribution in [2.24, 2.45) is 5.41 Å². The van der Waals surface area contributed by atoms with Crippen LogP contribution in [0.1, 0.15) is 63.3 Å². The monoisotopic (exact) mass is 632 g/mol. The van der Waals surface area contributed by atoms with E-state index in [2.05, 4.69) is 20.3 Å². The number of nitrogens with zero attached hydrogens (tertiary/aromatic N) is 4. The second-order valence-electron chi connectivity index (χ2n) is 11.7. The normalized spacial score (nSPS) is 18.9. The number of alkyl halides is 3. The van der Waals surface area contributed by atoms with E-state index in [0.717, 1.165) is 18.5 Å². The molecule has 3 aromatic rings. The van der Waals surface area contributed by atoms with Gasteiger partial charge in [0.2, 0.25) is 17.9 Å². The minimum absolute atomic E-state index is 0.0689. The molecule has 4 heterocycles. The molecule has 0 radical (unpaired) electrons. The highest BCUT2D eigenvalue weighted by molar-refractivity contribution is 6.30. The standard InChI is InChI=1S/C31H36ClF3N6O3/c1-4-43-28(42)24-16-30(17-38-24)8-11-41(12-9-30)25-15-26(40-29(36)39-25)44-27(31(33,34)35)21-6-5-20(32)14-22(21)19-7-10-37-23(13-19)18(2)3/h5-7,10,13-15,18,24,27,38H,4,8-9,11-12,16-17H2,1-3H3,(H2,36,39,40)/t24-,27+/m0/s1. The van der Waals surface area contributed by atoms with Gasteiger partial charge in [-0.2, -0.15) is 23.1 Å². The summed E-state index contributed by atoms with van der Waals surface area (Å²) < 4.78 is 54.8. The smallest absolute Gasteiger partial charge is 0.429 e. The average Bonchev–Trinajstić information content (AvgIpc) is 3.39. The van der Waals surface area contributed by atoms with Gasteiger partial charge in [-0.05, 0) is 72.9 Å². The SMILES string of the molecule is CCOC(=O)[C@@H]1CC2(CCN(c3cc(O[C@H](c4ccc(Cl)cc4-c4ccnc(C(C)C)c4)C(F)(F)F)nc(N)n3)CC2)CN1. The van der Waals surface area contributed by atoms with Crippen molar-refractivity contribution >= 4 is 29.3 Å². The van der Waals surface area contributed by atoms with E-state index < -0.39 is 12.3 Å². The third-order valence-electron chi connectivity index (χ3n) is 8.30. The molecule has 0 amide bonds. The van der Waals surface area contributed by atoms with Crippen molar-refractivity contribution in [1.82, 2.24) is 20.3 Å². The maximum atomic E-state index is 14.7. The van der Waals surface area contributed by atoms with E-state index in [1.54, 1.807) is 25.3 Å². The lowest BCUT2D eigenvalue weighted by molar-refractivity contribution is -0.198. The molecule has 44 heavy (non-hydrogen) atoms. The quantitative estimate of drug-likeness (QED) is 0.285. The minimum Gasteiger partial charge on any atom is -0.465 e. The Morgan fingerprint density at radius 1 is 1.18 bits per heavy atom. The number of esters is 1. The molecule has 9 nitrogen and oxygen atoms in total. The zero-order valence-corrected chi connectivity index (χ0v) is 25.6. The summed E-state index contributed by atoms with van der Waals surface area (Å²) in [6.07, 6.45) is -3.39. The highest BCUT2D eigenvalue weighted by Gasteiger charge is 2.46. The van der Waals surface area contributed by atoms with Gasteiger partial charge in [0.25, 0.3) is 0 Å². The van der Waals surface area contributed by atoms with Crippen molar-refractivity contribution in [2.75, 3.05) is 36.9 Å². The number of nitrogen functional groups attached to an aromatic ring is 1. The van der Waals surface area contributed by atoms with Gasteiger partial charge in [0.15, 0.2) is 0 Å². The van der Waals surface area contributed by atoms with Crippen LogP contribution in [0.3, 0.4) is 0 Å². The average molecular weight is 633 g/mol. The number of halogens is 4. The van der Waals surface area contributed by atoms with Crippen molar-refractivity contribution in [3.8, 4) is 17.0 Å². The highest BCUT2D eigenvalue weighted by Crippen LogP contribution is 2.43. The Kier molecular flexibility index (Phi) is 9.22.